The molecule has 0 amide bonds. The maximum atomic E-state index is 5.16. The molecule has 0 atom stereocenters. The lowest BCUT2D eigenvalue weighted by Gasteiger charge is -2.26. The molecule has 3 aliphatic rings. The summed E-state index contributed by atoms with van der Waals surface area (Å²) in [5, 5.41) is 8.46. The van der Waals surface area contributed by atoms with Crippen molar-refractivity contribution >= 4 is 106 Å². The van der Waals surface area contributed by atoms with Crippen molar-refractivity contribution in [2.24, 2.45) is 0 Å². The molecule has 6 aromatic heterocycles. The monoisotopic (exact) mass is 1860 g/mol. The molecule has 0 aliphatic carbocycles. The van der Waals surface area contributed by atoms with Gasteiger partial charge in [0.05, 0.1) is 84.8 Å². The van der Waals surface area contributed by atoms with Gasteiger partial charge in [0, 0.05) is 117 Å². The van der Waals surface area contributed by atoms with Crippen LogP contribution in [0.2, 0.25) is 0 Å². The van der Waals surface area contributed by atoms with E-state index in [1.165, 1.54) is 87.6 Å². The fourth-order valence-corrected chi connectivity index (χ4v) is 21.3. The molecule has 0 N–H and O–H groups in total. The van der Waals surface area contributed by atoms with Gasteiger partial charge < -0.3 is 0 Å². The van der Waals surface area contributed by atoms with Gasteiger partial charge in [0.15, 0.2) is 17.5 Å². The van der Waals surface area contributed by atoms with E-state index in [4.69, 9.17) is 29.9 Å². The van der Waals surface area contributed by atoms with Crippen molar-refractivity contribution in [1.82, 2.24) is 43.6 Å². The number of anilines is 9. The minimum Gasteiger partial charge on any atom is -0.295 e. The van der Waals surface area contributed by atoms with E-state index >= 15 is 0 Å². The van der Waals surface area contributed by atoms with E-state index in [1.807, 2.05) is 60.7 Å². The molecule has 20 aromatic carbocycles. The second-order valence-electron chi connectivity index (χ2n) is 36.9. The number of aromatic nitrogens is 9. The van der Waals surface area contributed by atoms with Gasteiger partial charge in [-0.3, -0.25) is 28.4 Å². The Morgan fingerprint density at radius 1 is 0.130 bits per heavy atom. The van der Waals surface area contributed by atoms with Crippen LogP contribution in [0.4, 0.5) is 51.6 Å². The summed E-state index contributed by atoms with van der Waals surface area (Å²) in [6.45, 7) is 0. The Labute approximate surface area is 844 Å². The van der Waals surface area contributed by atoms with Crippen molar-refractivity contribution in [2.75, 3.05) is 14.7 Å². The normalized spacial score (nSPS) is 11.9. The molecule has 0 saturated heterocycles. The zero-order valence-electron chi connectivity index (χ0n) is 79.2. The third-order valence-corrected chi connectivity index (χ3v) is 28.1. The zero-order chi connectivity index (χ0) is 96.5. The average Bonchev–Trinajstić information content (AvgIpc) is 1.58. The van der Waals surface area contributed by atoms with Crippen LogP contribution in [-0.2, 0) is 0 Å². The summed E-state index contributed by atoms with van der Waals surface area (Å²) >= 11 is 0. The van der Waals surface area contributed by atoms with Crippen LogP contribution < -0.4 is 14.7 Å². The van der Waals surface area contributed by atoms with Gasteiger partial charge in [-0.15, -0.1) is 0 Å². The fraction of sp³-hybridized carbons (Fsp3) is 0. The van der Waals surface area contributed by atoms with Crippen LogP contribution in [0.5, 0.6) is 0 Å². The summed E-state index contributed by atoms with van der Waals surface area (Å²) in [6, 6.07) is 188. The predicted octanol–water partition coefficient (Wildman–Crippen LogP) is 34.9. The minimum atomic E-state index is 0.685. The number of fused-ring (bicyclic) bond motifs is 23. The number of benzene rings is 20. The Morgan fingerprint density at radius 3 is 0.712 bits per heavy atom. The molecule has 0 spiro atoms. The summed E-state index contributed by atoms with van der Waals surface area (Å²) in [7, 11) is 0. The summed E-state index contributed by atoms with van der Waals surface area (Å²) in [5.41, 5.74) is 35.1. The Bertz CT molecular complexity index is 9360. The molecule has 3 aliphatic heterocycles. The molecule has 0 unspecified atom stereocenters. The molecular formula is C134H88N12. The summed E-state index contributed by atoms with van der Waals surface area (Å²) in [4.78, 5) is 38.0. The average molecular weight is 1870 g/mol. The van der Waals surface area contributed by atoms with E-state index < -0.39 is 0 Å². The van der Waals surface area contributed by atoms with E-state index in [0.717, 1.165) is 153 Å². The van der Waals surface area contributed by atoms with Crippen molar-refractivity contribution in [1.29, 1.82) is 0 Å². The summed E-state index contributed by atoms with van der Waals surface area (Å²) in [6.07, 6.45) is 0. The van der Waals surface area contributed by atoms with Crippen LogP contribution >= 0.6 is 0 Å². The maximum absolute atomic E-state index is 5.16. The van der Waals surface area contributed by atoms with Crippen LogP contribution in [0.15, 0.2) is 534 Å². The third-order valence-electron chi connectivity index (χ3n) is 28.1. The molecule has 12 heteroatoms. The quantitative estimate of drug-likeness (QED) is 0.118. The highest BCUT2D eigenvalue weighted by atomic mass is 15.3. The highest BCUT2D eigenvalue weighted by molar-refractivity contribution is 6.07. The van der Waals surface area contributed by atoms with Gasteiger partial charge in [0.25, 0.3) is 0 Å². The largest absolute Gasteiger partial charge is 0.295 e. The molecular weight excluding hydrogens is 1780 g/mol. The zero-order valence-corrected chi connectivity index (χ0v) is 79.2. The van der Waals surface area contributed by atoms with Gasteiger partial charge in [-0.05, 0) is 161 Å². The second kappa shape index (κ2) is 36.4. The van der Waals surface area contributed by atoms with Crippen LogP contribution in [0.25, 0.3) is 206 Å². The van der Waals surface area contributed by atoms with Crippen molar-refractivity contribution < 1.29 is 0 Å². The minimum absolute atomic E-state index is 0.685. The third kappa shape index (κ3) is 15.5. The van der Waals surface area contributed by atoms with Crippen molar-refractivity contribution in [2.45, 2.75) is 0 Å². The Kier molecular flexibility index (Phi) is 21.3. The SMILES string of the molecule is c1ccc(-c2cc(-c3ccccc3)nc(-c3cccc(N4c5ccccc5-c5cc6ccccc6cc5-n5c4cc4ccccc45)c3)n2)cc1.c1ccc(-c2cc(-c3ccccc3)nc(-c3cccc(N4c5ccccc5-c5ccccc5-n5c4cc4cc6ccccc6cc45)c3)n2)cc1.c1ccc(-c2cc(-c3ccccc3)nc(-c3cccc(N4c5ccccc5-c5ccccc5-n5c4cc4ccccc45)c3)n2)cc1. The molecule has 29 rings (SSSR count). The lowest BCUT2D eigenvalue weighted by molar-refractivity contribution is 1.09. The highest BCUT2D eigenvalue weighted by Gasteiger charge is 2.34. The summed E-state index contributed by atoms with van der Waals surface area (Å²) < 4.78 is 7.23. The lowest BCUT2D eigenvalue weighted by atomic mass is 9.97. The first-order valence-corrected chi connectivity index (χ1v) is 49.4. The van der Waals surface area contributed by atoms with Gasteiger partial charge in [-0.25, -0.2) is 29.9 Å². The lowest BCUT2D eigenvalue weighted by Crippen LogP contribution is -2.13. The number of hydrogen-bond donors (Lipinski definition) is 0. The first-order chi connectivity index (χ1) is 72.4. The van der Waals surface area contributed by atoms with Crippen molar-refractivity contribution in [3.8, 4) is 152 Å². The van der Waals surface area contributed by atoms with Crippen molar-refractivity contribution in [3.63, 3.8) is 0 Å². The molecule has 0 saturated carbocycles. The number of nitrogens with zero attached hydrogens (tertiary/aromatic N) is 12. The molecule has 0 radical (unpaired) electrons. The topological polar surface area (TPSA) is 102 Å². The molecule has 0 fully saturated rings. The first-order valence-electron chi connectivity index (χ1n) is 49.4. The fourth-order valence-electron chi connectivity index (χ4n) is 21.3. The number of hydrogen-bond acceptors (Lipinski definition) is 9. The molecule has 12 nitrogen and oxygen atoms in total. The highest BCUT2D eigenvalue weighted by Crippen LogP contribution is 2.55. The van der Waals surface area contributed by atoms with Crippen LogP contribution in [0, 0.1) is 0 Å². The van der Waals surface area contributed by atoms with Crippen molar-refractivity contribution in [3.05, 3.63) is 534 Å². The number of rotatable bonds is 12. The second-order valence-corrected chi connectivity index (χ2v) is 36.9. The standard InChI is InChI=1S/2C46H30N4.C42H28N4/c1-3-14-31(15-4-1)40-30-41(32-16-5-2-6-17-32)48-46(47-40)35-20-13-21-37(27-35)49-42-24-11-9-22-38(42)39-23-10-12-25-43(39)50-44-28-34-19-8-7-18-33(34)26-36(44)29-45(49)50;1-3-14-31(15-4-1)40-30-41(32-16-5-2-6-17-32)48-46(47-40)36-21-13-22-37(26-36)49-43-25-12-10-23-38(43)39-27-33-18-7-8-19-34(33)28-44(39)50-42-24-11-9-20-35(42)29-45(49)50;1-3-14-29(15-4-1)36-28-37(30-16-5-2-6-17-30)44-42(43-36)32-19-13-20-33(26-32)45-39-24-11-8-21-34(39)35-22-9-12-25-40(35)46-38-23-10-7-18-31(38)27-41(45)46/h2*1-30H;1-28H. The van der Waals surface area contributed by atoms with Gasteiger partial charge in [0.2, 0.25) is 0 Å². The van der Waals surface area contributed by atoms with Crippen LogP contribution in [0.3, 0.4) is 0 Å². The molecule has 0 bridgehead atoms. The van der Waals surface area contributed by atoms with E-state index in [1.54, 1.807) is 0 Å². The van der Waals surface area contributed by atoms with Crippen LogP contribution in [-0.4, -0.2) is 43.6 Å². The van der Waals surface area contributed by atoms with E-state index in [2.05, 4.69) is 502 Å². The molecule has 26 aromatic rings. The molecule has 146 heavy (non-hydrogen) atoms. The maximum Gasteiger partial charge on any atom is 0.160 e. The van der Waals surface area contributed by atoms with E-state index in [9.17, 15) is 0 Å². The molecule has 684 valence electrons. The first kappa shape index (κ1) is 85.4. The summed E-state index contributed by atoms with van der Waals surface area (Å²) in [5.74, 6) is 5.30. The smallest absolute Gasteiger partial charge is 0.160 e. The Balaban J connectivity index is 0.000000109. The number of para-hydroxylation sites is 7. The van der Waals surface area contributed by atoms with E-state index in [0.29, 0.717) is 17.5 Å². The molecule has 9 heterocycles. The Morgan fingerprint density at radius 2 is 0.370 bits per heavy atom. The Hall–Kier alpha value is -19.8. The van der Waals surface area contributed by atoms with Crippen LogP contribution in [0.1, 0.15) is 0 Å². The van der Waals surface area contributed by atoms with Gasteiger partial charge in [0.1, 0.15) is 17.5 Å². The van der Waals surface area contributed by atoms with Gasteiger partial charge >= 0.3 is 0 Å². The van der Waals surface area contributed by atoms with Gasteiger partial charge in [-0.1, -0.05) is 394 Å². The predicted molar refractivity (Wildman–Crippen MR) is 602 cm³/mol. The van der Waals surface area contributed by atoms with Gasteiger partial charge in [-0.2, -0.15) is 0 Å². The van der Waals surface area contributed by atoms with E-state index in [-0.39, 0.29) is 0 Å².